The summed E-state index contributed by atoms with van der Waals surface area (Å²) in [4.78, 5) is 25.0. The molecule has 3 aromatic rings. The van der Waals surface area contributed by atoms with Crippen molar-refractivity contribution in [1.29, 1.82) is 0 Å². The molecule has 1 fully saturated rings. The molecule has 3 heterocycles. The van der Waals surface area contributed by atoms with Crippen LogP contribution < -0.4 is 16.3 Å². The standard InChI is InChI=1S/C18H19N5O3.ClH/c1-10-7-15(11-3-2-6-19-9-11)26-18(25)16(10)17(24)20-12-4-5-13-14(8-12)22-23-21-13;/h4-5,7-8,11,19H,2-3,6,9H2,1H3,(H,20,24)(H,21,22,23);1H. The van der Waals surface area contributed by atoms with Crippen molar-refractivity contribution in [2.24, 2.45) is 0 Å². The molecule has 1 aliphatic rings. The molecule has 1 atom stereocenters. The van der Waals surface area contributed by atoms with E-state index in [-0.39, 0.29) is 23.9 Å². The van der Waals surface area contributed by atoms with Gasteiger partial charge in [0, 0.05) is 18.2 Å². The fraction of sp³-hybridized carbons (Fsp3) is 0.333. The van der Waals surface area contributed by atoms with E-state index in [0.29, 0.717) is 28.0 Å². The van der Waals surface area contributed by atoms with Crippen LogP contribution in [0.2, 0.25) is 0 Å². The van der Waals surface area contributed by atoms with E-state index >= 15 is 0 Å². The van der Waals surface area contributed by atoms with Crippen LogP contribution in [0.5, 0.6) is 0 Å². The van der Waals surface area contributed by atoms with Gasteiger partial charge in [-0.05, 0) is 56.1 Å². The van der Waals surface area contributed by atoms with Gasteiger partial charge in [0.25, 0.3) is 5.91 Å². The number of aromatic nitrogens is 3. The van der Waals surface area contributed by atoms with Gasteiger partial charge in [-0.15, -0.1) is 12.4 Å². The van der Waals surface area contributed by atoms with Crippen molar-refractivity contribution in [3.63, 3.8) is 0 Å². The first-order valence-corrected chi connectivity index (χ1v) is 8.59. The second kappa shape index (κ2) is 7.89. The molecule has 0 radical (unpaired) electrons. The molecule has 1 aromatic carbocycles. The SMILES string of the molecule is Cc1cc(C2CCCNC2)oc(=O)c1C(=O)Nc1ccc2n[nH]nc2c1.Cl. The highest BCUT2D eigenvalue weighted by molar-refractivity contribution is 6.05. The Hall–Kier alpha value is -2.71. The van der Waals surface area contributed by atoms with Crippen LogP contribution in [0.15, 0.2) is 33.5 Å². The fourth-order valence-electron chi connectivity index (χ4n) is 3.31. The van der Waals surface area contributed by atoms with Crippen LogP contribution in [0.25, 0.3) is 11.0 Å². The molecule has 0 saturated carbocycles. The summed E-state index contributed by atoms with van der Waals surface area (Å²) < 4.78 is 5.46. The van der Waals surface area contributed by atoms with Crippen molar-refractivity contribution >= 4 is 35.0 Å². The number of hydrogen-bond donors (Lipinski definition) is 3. The summed E-state index contributed by atoms with van der Waals surface area (Å²) in [7, 11) is 0. The number of H-pyrrole nitrogens is 1. The Bertz CT molecular complexity index is 1020. The quantitative estimate of drug-likeness (QED) is 0.633. The van der Waals surface area contributed by atoms with E-state index in [1.807, 2.05) is 0 Å². The van der Waals surface area contributed by atoms with Crippen molar-refractivity contribution in [3.05, 3.63) is 51.6 Å². The van der Waals surface area contributed by atoms with E-state index in [1.165, 1.54) is 0 Å². The number of nitrogens with zero attached hydrogens (tertiary/aromatic N) is 2. The van der Waals surface area contributed by atoms with Gasteiger partial charge in [-0.2, -0.15) is 15.4 Å². The number of carbonyl (C=O) groups is 1. The first-order chi connectivity index (χ1) is 12.6. The molecule has 2 aromatic heterocycles. The zero-order valence-corrected chi connectivity index (χ0v) is 15.6. The second-order valence-electron chi connectivity index (χ2n) is 6.52. The van der Waals surface area contributed by atoms with Gasteiger partial charge < -0.3 is 15.1 Å². The molecule has 0 aliphatic carbocycles. The predicted molar refractivity (Wildman–Crippen MR) is 104 cm³/mol. The first kappa shape index (κ1) is 19.1. The molecule has 9 heteroatoms. The highest BCUT2D eigenvalue weighted by Crippen LogP contribution is 2.24. The number of rotatable bonds is 3. The van der Waals surface area contributed by atoms with E-state index < -0.39 is 11.5 Å². The predicted octanol–water partition coefficient (Wildman–Crippen LogP) is 2.36. The maximum Gasteiger partial charge on any atom is 0.349 e. The average molecular weight is 390 g/mol. The monoisotopic (exact) mass is 389 g/mol. The molecule has 8 nitrogen and oxygen atoms in total. The third-order valence-electron chi connectivity index (χ3n) is 4.67. The summed E-state index contributed by atoms with van der Waals surface area (Å²) in [6.45, 7) is 3.52. The van der Waals surface area contributed by atoms with E-state index in [1.54, 1.807) is 31.2 Å². The summed E-state index contributed by atoms with van der Waals surface area (Å²) in [6, 6.07) is 6.94. The summed E-state index contributed by atoms with van der Waals surface area (Å²) >= 11 is 0. The molecule has 1 saturated heterocycles. The van der Waals surface area contributed by atoms with Crippen molar-refractivity contribution in [2.75, 3.05) is 18.4 Å². The summed E-state index contributed by atoms with van der Waals surface area (Å²) in [6.07, 6.45) is 2.01. The zero-order valence-electron chi connectivity index (χ0n) is 14.7. The van der Waals surface area contributed by atoms with Gasteiger partial charge in [-0.3, -0.25) is 4.79 Å². The molecule has 142 valence electrons. The largest absolute Gasteiger partial charge is 0.427 e. The number of hydrogen-bond acceptors (Lipinski definition) is 6. The molecule has 3 N–H and O–H groups in total. The highest BCUT2D eigenvalue weighted by atomic mass is 35.5. The molecule has 1 amide bonds. The van der Waals surface area contributed by atoms with Crippen molar-refractivity contribution < 1.29 is 9.21 Å². The second-order valence-corrected chi connectivity index (χ2v) is 6.52. The maximum absolute atomic E-state index is 12.6. The molecule has 0 spiro atoms. The maximum atomic E-state index is 12.6. The van der Waals surface area contributed by atoms with Gasteiger partial charge in [0.05, 0.1) is 0 Å². The Labute approximate surface area is 161 Å². The van der Waals surface area contributed by atoms with Crippen LogP contribution in [-0.4, -0.2) is 34.4 Å². The summed E-state index contributed by atoms with van der Waals surface area (Å²) in [5.41, 5.74) is 1.90. The number of halogens is 1. The molecule has 0 bridgehead atoms. The minimum Gasteiger partial charge on any atom is -0.427 e. The molecule has 27 heavy (non-hydrogen) atoms. The summed E-state index contributed by atoms with van der Waals surface area (Å²) in [5, 5.41) is 16.5. The number of carbonyl (C=O) groups excluding carboxylic acids is 1. The number of aryl methyl sites for hydroxylation is 1. The lowest BCUT2D eigenvalue weighted by Crippen LogP contribution is -2.30. The average Bonchev–Trinajstić information content (AvgIpc) is 3.09. The Morgan fingerprint density at radius 1 is 1.26 bits per heavy atom. The molecule has 1 aliphatic heterocycles. The lowest BCUT2D eigenvalue weighted by Gasteiger charge is -2.22. The number of anilines is 1. The molecular weight excluding hydrogens is 370 g/mol. The van der Waals surface area contributed by atoms with Gasteiger partial charge in [0.15, 0.2) is 0 Å². The number of benzene rings is 1. The van der Waals surface area contributed by atoms with Crippen molar-refractivity contribution in [3.8, 4) is 0 Å². The lowest BCUT2D eigenvalue weighted by atomic mass is 9.95. The van der Waals surface area contributed by atoms with E-state index in [0.717, 1.165) is 25.9 Å². The van der Waals surface area contributed by atoms with Crippen LogP contribution in [0.1, 0.15) is 40.4 Å². The van der Waals surface area contributed by atoms with E-state index in [9.17, 15) is 9.59 Å². The third kappa shape index (κ3) is 3.86. The number of piperidine rings is 1. The number of aromatic amines is 1. The topological polar surface area (TPSA) is 113 Å². The molecular formula is C18H20ClN5O3. The normalized spacial score (nSPS) is 16.7. The third-order valence-corrected chi connectivity index (χ3v) is 4.67. The smallest absolute Gasteiger partial charge is 0.349 e. The van der Waals surface area contributed by atoms with Gasteiger partial charge in [0.1, 0.15) is 22.4 Å². The Balaban J connectivity index is 0.00000210. The Morgan fingerprint density at radius 3 is 2.81 bits per heavy atom. The van der Waals surface area contributed by atoms with Gasteiger partial charge in [0.2, 0.25) is 0 Å². The fourth-order valence-corrected chi connectivity index (χ4v) is 3.31. The van der Waals surface area contributed by atoms with Crippen LogP contribution in [0, 0.1) is 6.92 Å². The molecule has 1 unspecified atom stereocenters. The van der Waals surface area contributed by atoms with Gasteiger partial charge in [-0.25, -0.2) is 4.79 Å². The number of amides is 1. The van der Waals surface area contributed by atoms with Crippen LogP contribution in [0.4, 0.5) is 5.69 Å². The van der Waals surface area contributed by atoms with Crippen molar-refractivity contribution in [1.82, 2.24) is 20.7 Å². The first-order valence-electron chi connectivity index (χ1n) is 8.59. The Morgan fingerprint density at radius 2 is 2.07 bits per heavy atom. The molecule has 4 rings (SSSR count). The number of fused-ring (bicyclic) bond motifs is 1. The Kier molecular flexibility index (Phi) is 5.57. The van der Waals surface area contributed by atoms with Crippen molar-refractivity contribution in [2.45, 2.75) is 25.7 Å². The van der Waals surface area contributed by atoms with Crippen LogP contribution >= 0.6 is 12.4 Å². The van der Waals surface area contributed by atoms with Crippen LogP contribution in [0.3, 0.4) is 0 Å². The van der Waals surface area contributed by atoms with E-state index in [4.69, 9.17) is 4.42 Å². The zero-order chi connectivity index (χ0) is 18.1. The van der Waals surface area contributed by atoms with Gasteiger partial charge >= 0.3 is 5.63 Å². The minimum absolute atomic E-state index is 0. The number of nitrogens with one attached hydrogen (secondary N) is 3. The van der Waals surface area contributed by atoms with Crippen LogP contribution in [-0.2, 0) is 0 Å². The lowest BCUT2D eigenvalue weighted by molar-refractivity contribution is 0.102. The minimum atomic E-state index is -0.606. The van der Waals surface area contributed by atoms with Gasteiger partial charge in [-0.1, -0.05) is 0 Å². The summed E-state index contributed by atoms with van der Waals surface area (Å²) in [5.74, 6) is 0.314. The van der Waals surface area contributed by atoms with E-state index in [2.05, 4.69) is 26.0 Å². The highest BCUT2D eigenvalue weighted by Gasteiger charge is 2.22.